The van der Waals surface area contributed by atoms with Crippen LogP contribution in [0.15, 0.2) is 21.1 Å². The van der Waals surface area contributed by atoms with Gasteiger partial charge in [0.25, 0.3) is 11.7 Å². The number of halogens is 2. The van der Waals surface area contributed by atoms with Crippen LogP contribution >= 0.6 is 31.9 Å². The molecule has 0 aromatic heterocycles. The molecule has 1 spiro atoms. The lowest BCUT2D eigenvalue weighted by Crippen LogP contribution is -2.35. The topological polar surface area (TPSA) is 47.6 Å². The summed E-state index contributed by atoms with van der Waals surface area (Å²) < 4.78 is 12.6. The summed E-state index contributed by atoms with van der Waals surface area (Å²) in [4.78, 5) is 11.9. The Morgan fingerprint density at radius 2 is 1.94 bits per heavy atom. The van der Waals surface area contributed by atoms with E-state index < -0.39 is 5.79 Å². The van der Waals surface area contributed by atoms with Gasteiger partial charge in [0.2, 0.25) is 0 Å². The molecule has 2 aliphatic rings. The first-order valence-corrected chi connectivity index (χ1v) is 6.31. The largest absolute Gasteiger partial charge is 0.336 e. The molecular formula is C10H7Br2NO3. The van der Waals surface area contributed by atoms with E-state index >= 15 is 0 Å². The van der Waals surface area contributed by atoms with Gasteiger partial charge in [0.05, 0.1) is 24.5 Å². The fourth-order valence-corrected chi connectivity index (χ4v) is 3.50. The number of fused-ring (bicyclic) bond motifs is 2. The van der Waals surface area contributed by atoms with Crippen LogP contribution < -0.4 is 5.32 Å². The molecule has 1 fully saturated rings. The molecule has 1 amide bonds. The minimum atomic E-state index is -1.26. The maximum Gasteiger partial charge on any atom is 0.289 e. The van der Waals surface area contributed by atoms with E-state index in [4.69, 9.17) is 9.47 Å². The summed E-state index contributed by atoms with van der Waals surface area (Å²) in [6, 6.07) is 3.70. The Labute approximate surface area is 109 Å². The molecule has 6 heteroatoms. The van der Waals surface area contributed by atoms with Crippen molar-refractivity contribution >= 4 is 43.5 Å². The Bertz CT molecular complexity index is 483. The number of carbonyl (C=O) groups is 1. The first-order valence-electron chi connectivity index (χ1n) is 4.72. The third-order valence-electron chi connectivity index (χ3n) is 2.63. The molecule has 1 aromatic carbocycles. The molecule has 0 saturated carbocycles. The van der Waals surface area contributed by atoms with Crippen LogP contribution in [0, 0.1) is 0 Å². The SMILES string of the molecule is O=C1Nc2cc(Br)cc(Br)c2C12OCCO2. The molecule has 16 heavy (non-hydrogen) atoms. The zero-order valence-corrected chi connectivity index (χ0v) is 11.2. The van der Waals surface area contributed by atoms with E-state index in [9.17, 15) is 4.79 Å². The first-order chi connectivity index (χ1) is 7.63. The molecule has 2 aliphatic heterocycles. The van der Waals surface area contributed by atoms with Crippen LogP contribution in [0.5, 0.6) is 0 Å². The summed E-state index contributed by atoms with van der Waals surface area (Å²) in [6.45, 7) is 0.852. The Kier molecular flexibility index (Phi) is 2.36. The van der Waals surface area contributed by atoms with Gasteiger partial charge in [-0.05, 0) is 12.1 Å². The van der Waals surface area contributed by atoms with E-state index in [0.717, 1.165) is 14.5 Å². The second-order valence-corrected chi connectivity index (χ2v) is 5.35. The van der Waals surface area contributed by atoms with E-state index in [1.807, 2.05) is 12.1 Å². The van der Waals surface area contributed by atoms with Gasteiger partial charge in [-0.25, -0.2) is 0 Å². The van der Waals surface area contributed by atoms with Gasteiger partial charge in [-0.3, -0.25) is 4.79 Å². The average Bonchev–Trinajstić information content (AvgIpc) is 2.75. The summed E-state index contributed by atoms with van der Waals surface area (Å²) in [5, 5.41) is 2.76. The molecule has 0 aliphatic carbocycles. The zero-order valence-electron chi connectivity index (χ0n) is 8.05. The number of amides is 1. The van der Waals surface area contributed by atoms with E-state index in [1.54, 1.807) is 0 Å². The van der Waals surface area contributed by atoms with Crippen molar-refractivity contribution < 1.29 is 14.3 Å². The van der Waals surface area contributed by atoms with E-state index in [1.165, 1.54) is 0 Å². The molecular weight excluding hydrogens is 342 g/mol. The highest BCUT2D eigenvalue weighted by Crippen LogP contribution is 2.47. The summed E-state index contributed by atoms with van der Waals surface area (Å²) in [5.74, 6) is -1.52. The van der Waals surface area contributed by atoms with Crippen molar-refractivity contribution in [2.24, 2.45) is 0 Å². The predicted octanol–water partition coefficient (Wildman–Crippen LogP) is 2.36. The quantitative estimate of drug-likeness (QED) is 0.783. The highest BCUT2D eigenvalue weighted by atomic mass is 79.9. The van der Waals surface area contributed by atoms with Crippen LogP contribution in [0.2, 0.25) is 0 Å². The van der Waals surface area contributed by atoms with Crippen molar-refractivity contribution in [2.45, 2.75) is 5.79 Å². The van der Waals surface area contributed by atoms with Crippen molar-refractivity contribution in [1.82, 2.24) is 0 Å². The van der Waals surface area contributed by atoms with Crippen molar-refractivity contribution in [3.8, 4) is 0 Å². The second-order valence-electron chi connectivity index (χ2n) is 3.58. The fourth-order valence-electron chi connectivity index (χ4n) is 2.01. The Hall–Kier alpha value is -0.430. The van der Waals surface area contributed by atoms with Crippen molar-refractivity contribution in [1.29, 1.82) is 0 Å². The maximum atomic E-state index is 11.9. The minimum absolute atomic E-state index is 0.265. The van der Waals surface area contributed by atoms with Crippen molar-refractivity contribution in [2.75, 3.05) is 18.5 Å². The number of carbonyl (C=O) groups excluding carboxylic acids is 1. The Morgan fingerprint density at radius 3 is 2.62 bits per heavy atom. The fraction of sp³-hybridized carbons (Fsp3) is 0.300. The van der Waals surface area contributed by atoms with Crippen molar-refractivity contribution in [3.05, 3.63) is 26.6 Å². The lowest BCUT2D eigenvalue weighted by molar-refractivity contribution is -0.178. The first kappa shape index (κ1) is 10.7. The number of hydrogen-bond acceptors (Lipinski definition) is 3. The summed E-state index contributed by atoms with van der Waals surface area (Å²) in [5.41, 5.74) is 1.44. The summed E-state index contributed by atoms with van der Waals surface area (Å²) >= 11 is 6.80. The number of nitrogens with one attached hydrogen (secondary N) is 1. The van der Waals surface area contributed by atoms with Crippen LogP contribution in [0.3, 0.4) is 0 Å². The van der Waals surface area contributed by atoms with Crippen molar-refractivity contribution in [3.63, 3.8) is 0 Å². The van der Waals surface area contributed by atoms with Gasteiger partial charge in [-0.2, -0.15) is 0 Å². The molecule has 1 saturated heterocycles. The van der Waals surface area contributed by atoms with E-state index in [-0.39, 0.29) is 5.91 Å². The molecule has 0 unspecified atom stereocenters. The highest BCUT2D eigenvalue weighted by Gasteiger charge is 2.53. The molecule has 0 radical (unpaired) electrons. The third-order valence-corrected chi connectivity index (χ3v) is 3.71. The van der Waals surface area contributed by atoms with Gasteiger partial charge in [0.15, 0.2) is 0 Å². The van der Waals surface area contributed by atoms with Gasteiger partial charge in [0.1, 0.15) is 0 Å². The molecule has 0 atom stereocenters. The number of rotatable bonds is 0. The minimum Gasteiger partial charge on any atom is -0.336 e. The molecule has 1 N–H and O–H groups in total. The normalized spacial score (nSPS) is 21.2. The molecule has 2 heterocycles. The van der Waals surface area contributed by atoms with Gasteiger partial charge < -0.3 is 14.8 Å². The molecule has 84 valence electrons. The number of ether oxygens (including phenoxy) is 2. The lowest BCUT2D eigenvalue weighted by Gasteiger charge is -2.20. The van der Waals surface area contributed by atoms with E-state index in [0.29, 0.717) is 18.9 Å². The summed E-state index contributed by atoms with van der Waals surface area (Å²) in [6.07, 6.45) is 0. The number of benzene rings is 1. The van der Waals surface area contributed by atoms with Crippen LogP contribution in [0.1, 0.15) is 5.56 Å². The average molecular weight is 349 g/mol. The third kappa shape index (κ3) is 1.30. The molecule has 3 rings (SSSR count). The Morgan fingerprint density at radius 1 is 1.25 bits per heavy atom. The van der Waals surface area contributed by atoms with Gasteiger partial charge >= 0.3 is 0 Å². The van der Waals surface area contributed by atoms with Gasteiger partial charge in [-0.1, -0.05) is 31.9 Å². The van der Waals surface area contributed by atoms with Gasteiger partial charge in [0, 0.05) is 8.95 Å². The Balaban J connectivity index is 2.24. The lowest BCUT2D eigenvalue weighted by atomic mass is 10.1. The zero-order chi connectivity index (χ0) is 11.3. The number of anilines is 1. The summed E-state index contributed by atoms with van der Waals surface area (Å²) in [7, 11) is 0. The van der Waals surface area contributed by atoms with Crippen LogP contribution in [-0.2, 0) is 20.1 Å². The molecule has 0 bridgehead atoms. The predicted molar refractivity (Wildman–Crippen MR) is 64.1 cm³/mol. The standard InChI is InChI=1S/C10H7Br2NO3/c11-5-3-6(12)8-7(4-5)13-9(14)10(8)15-1-2-16-10/h3-4H,1-2H2,(H,13,14). The van der Waals surface area contributed by atoms with Gasteiger partial charge in [-0.15, -0.1) is 0 Å². The van der Waals surface area contributed by atoms with Crippen LogP contribution in [0.25, 0.3) is 0 Å². The smallest absolute Gasteiger partial charge is 0.289 e. The monoisotopic (exact) mass is 347 g/mol. The van der Waals surface area contributed by atoms with E-state index in [2.05, 4.69) is 37.2 Å². The number of hydrogen-bond donors (Lipinski definition) is 1. The second kappa shape index (κ2) is 3.53. The van der Waals surface area contributed by atoms with Crippen LogP contribution in [0.4, 0.5) is 5.69 Å². The van der Waals surface area contributed by atoms with Crippen LogP contribution in [-0.4, -0.2) is 19.1 Å². The highest BCUT2D eigenvalue weighted by molar-refractivity contribution is 9.11. The molecule has 1 aromatic rings. The molecule has 4 nitrogen and oxygen atoms in total. The maximum absolute atomic E-state index is 11.9.